The van der Waals surface area contributed by atoms with Crippen LogP contribution in [0, 0.1) is 6.92 Å². The molecule has 0 saturated carbocycles. The van der Waals surface area contributed by atoms with Crippen LogP contribution in [-0.2, 0) is 11.3 Å². The summed E-state index contributed by atoms with van der Waals surface area (Å²) < 4.78 is 5.27. The molecule has 3 aromatic carbocycles. The third-order valence-corrected chi connectivity index (χ3v) is 4.89. The van der Waals surface area contributed by atoms with E-state index in [1.807, 2.05) is 73.7 Å². The van der Waals surface area contributed by atoms with E-state index < -0.39 is 6.04 Å². The van der Waals surface area contributed by atoms with E-state index in [9.17, 15) is 4.79 Å². The first-order valence-corrected chi connectivity index (χ1v) is 9.43. The Morgan fingerprint density at radius 3 is 2.54 bits per heavy atom. The Labute approximate surface area is 170 Å². The van der Waals surface area contributed by atoms with E-state index in [1.165, 1.54) is 0 Å². The largest absolute Gasteiger partial charge is 0.497 e. The zero-order chi connectivity index (χ0) is 19.9. The number of benzene rings is 3. The van der Waals surface area contributed by atoms with Crippen molar-refractivity contribution < 1.29 is 9.53 Å². The van der Waals surface area contributed by atoms with Gasteiger partial charge in [0.25, 0.3) is 0 Å². The molecule has 3 aromatic rings. The average molecular weight is 395 g/mol. The summed E-state index contributed by atoms with van der Waals surface area (Å²) in [7, 11) is 1.64. The molecule has 0 fully saturated rings. The lowest BCUT2D eigenvalue weighted by molar-refractivity contribution is -0.118. The van der Waals surface area contributed by atoms with Crippen molar-refractivity contribution >= 4 is 23.2 Å². The van der Waals surface area contributed by atoms with E-state index >= 15 is 0 Å². The monoisotopic (exact) mass is 394 g/mol. The number of aryl methyl sites for hydroxylation is 1. The molecular formula is C23H23ClN2O2. The summed E-state index contributed by atoms with van der Waals surface area (Å²) in [5.41, 5.74) is 3.56. The van der Waals surface area contributed by atoms with Crippen LogP contribution in [0.5, 0.6) is 5.75 Å². The minimum Gasteiger partial charge on any atom is -0.497 e. The molecule has 3 rings (SSSR count). The van der Waals surface area contributed by atoms with Crippen molar-refractivity contribution in [2.75, 3.05) is 12.4 Å². The second-order valence-electron chi connectivity index (χ2n) is 6.53. The topological polar surface area (TPSA) is 50.4 Å². The first-order valence-electron chi connectivity index (χ1n) is 9.05. The van der Waals surface area contributed by atoms with Crippen molar-refractivity contribution in [2.24, 2.45) is 0 Å². The molecule has 144 valence electrons. The molecule has 0 saturated heterocycles. The molecule has 0 spiro atoms. The molecule has 2 N–H and O–H groups in total. The standard InChI is InChI=1S/C23H23ClN2O2/c1-16-11-12-19(14-21(16)24)26-23(27)22(18-8-4-3-5-9-18)25-15-17-7-6-10-20(13-17)28-2/h3-14,22,25H,15H2,1-2H3,(H,26,27). The fourth-order valence-corrected chi connectivity index (χ4v) is 3.08. The second kappa shape index (κ2) is 9.40. The highest BCUT2D eigenvalue weighted by atomic mass is 35.5. The molecule has 0 aliphatic rings. The van der Waals surface area contributed by atoms with Crippen molar-refractivity contribution in [3.63, 3.8) is 0 Å². The van der Waals surface area contributed by atoms with Gasteiger partial charge in [-0.05, 0) is 47.9 Å². The van der Waals surface area contributed by atoms with Gasteiger partial charge in [0, 0.05) is 17.3 Å². The van der Waals surface area contributed by atoms with Crippen LogP contribution in [-0.4, -0.2) is 13.0 Å². The van der Waals surface area contributed by atoms with Crippen LogP contribution in [0.1, 0.15) is 22.7 Å². The highest BCUT2D eigenvalue weighted by Crippen LogP contribution is 2.22. The lowest BCUT2D eigenvalue weighted by atomic mass is 10.1. The second-order valence-corrected chi connectivity index (χ2v) is 6.94. The van der Waals surface area contributed by atoms with Gasteiger partial charge in [-0.25, -0.2) is 0 Å². The summed E-state index contributed by atoms with van der Waals surface area (Å²) >= 11 is 6.18. The molecule has 5 heteroatoms. The predicted molar refractivity (Wildman–Crippen MR) is 114 cm³/mol. The first kappa shape index (κ1) is 19.9. The number of halogens is 1. The molecule has 1 unspecified atom stereocenters. The van der Waals surface area contributed by atoms with Gasteiger partial charge in [-0.2, -0.15) is 0 Å². The van der Waals surface area contributed by atoms with Gasteiger partial charge in [-0.1, -0.05) is 60.1 Å². The van der Waals surface area contributed by atoms with E-state index in [2.05, 4.69) is 10.6 Å². The summed E-state index contributed by atoms with van der Waals surface area (Å²) in [6.07, 6.45) is 0. The molecule has 0 aliphatic carbocycles. The Hall–Kier alpha value is -2.82. The van der Waals surface area contributed by atoms with Crippen molar-refractivity contribution in [3.8, 4) is 5.75 Å². The Balaban J connectivity index is 1.78. The molecule has 1 amide bonds. The molecule has 0 aromatic heterocycles. The van der Waals surface area contributed by atoms with Crippen LogP contribution in [0.4, 0.5) is 5.69 Å². The van der Waals surface area contributed by atoms with Crippen molar-refractivity contribution in [2.45, 2.75) is 19.5 Å². The number of rotatable bonds is 7. The summed E-state index contributed by atoms with van der Waals surface area (Å²) in [6, 6.07) is 22.4. The number of nitrogens with one attached hydrogen (secondary N) is 2. The summed E-state index contributed by atoms with van der Waals surface area (Å²) in [5, 5.41) is 6.93. The Morgan fingerprint density at radius 2 is 1.82 bits per heavy atom. The molecule has 0 radical (unpaired) electrons. The lowest BCUT2D eigenvalue weighted by Crippen LogP contribution is -2.32. The van der Waals surface area contributed by atoms with Gasteiger partial charge in [0.2, 0.25) is 5.91 Å². The fraction of sp³-hybridized carbons (Fsp3) is 0.174. The minimum absolute atomic E-state index is 0.144. The average Bonchev–Trinajstić information content (AvgIpc) is 2.72. The van der Waals surface area contributed by atoms with E-state index in [0.717, 1.165) is 22.4 Å². The zero-order valence-electron chi connectivity index (χ0n) is 15.9. The Kier molecular flexibility index (Phi) is 6.69. The van der Waals surface area contributed by atoms with Crippen molar-refractivity contribution in [1.82, 2.24) is 5.32 Å². The van der Waals surface area contributed by atoms with E-state index in [0.29, 0.717) is 17.3 Å². The Morgan fingerprint density at radius 1 is 1.04 bits per heavy atom. The number of carbonyl (C=O) groups excluding carboxylic acids is 1. The molecule has 0 aliphatic heterocycles. The number of hydrogen-bond acceptors (Lipinski definition) is 3. The van der Waals surface area contributed by atoms with Crippen molar-refractivity contribution in [3.05, 3.63) is 94.5 Å². The predicted octanol–water partition coefficient (Wildman–Crippen LogP) is 5.13. The molecule has 1 atom stereocenters. The van der Waals surface area contributed by atoms with Gasteiger partial charge >= 0.3 is 0 Å². The van der Waals surface area contributed by atoms with Crippen LogP contribution >= 0.6 is 11.6 Å². The molecular weight excluding hydrogens is 372 g/mol. The SMILES string of the molecule is COc1cccc(CNC(C(=O)Nc2ccc(C)c(Cl)c2)c2ccccc2)c1. The summed E-state index contributed by atoms with van der Waals surface area (Å²) in [6.45, 7) is 2.45. The quantitative estimate of drug-likeness (QED) is 0.584. The van der Waals surface area contributed by atoms with Crippen LogP contribution in [0.2, 0.25) is 5.02 Å². The smallest absolute Gasteiger partial charge is 0.246 e. The number of anilines is 1. The minimum atomic E-state index is -0.507. The Bertz CT molecular complexity index is 944. The van der Waals surface area contributed by atoms with Crippen LogP contribution in [0.25, 0.3) is 0 Å². The molecule has 0 heterocycles. The fourth-order valence-electron chi connectivity index (χ4n) is 2.89. The number of amides is 1. The highest BCUT2D eigenvalue weighted by molar-refractivity contribution is 6.31. The summed E-state index contributed by atoms with van der Waals surface area (Å²) in [4.78, 5) is 13.0. The van der Waals surface area contributed by atoms with Crippen LogP contribution in [0.15, 0.2) is 72.8 Å². The molecule has 28 heavy (non-hydrogen) atoms. The van der Waals surface area contributed by atoms with Gasteiger partial charge < -0.3 is 10.1 Å². The molecule has 0 bridgehead atoms. The van der Waals surface area contributed by atoms with Crippen LogP contribution in [0.3, 0.4) is 0 Å². The number of hydrogen-bond donors (Lipinski definition) is 2. The van der Waals surface area contributed by atoms with E-state index in [-0.39, 0.29) is 5.91 Å². The number of methoxy groups -OCH3 is 1. The zero-order valence-corrected chi connectivity index (χ0v) is 16.7. The maximum Gasteiger partial charge on any atom is 0.246 e. The lowest BCUT2D eigenvalue weighted by Gasteiger charge is -2.19. The first-order chi connectivity index (χ1) is 13.6. The van der Waals surface area contributed by atoms with Gasteiger partial charge in [0.1, 0.15) is 11.8 Å². The maximum atomic E-state index is 13.0. The van der Waals surface area contributed by atoms with E-state index in [4.69, 9.17) is 16.3 Å². The van der Waals surface area contributed by atoms with Gasteiger partial charge in [-0.3, -0.25) is 10.1 Å². The maximum absolute atomic E-state index is 13.0. The van der Waals surface area contributed by atoms with Gasteiger partial charge in [0.15, 0.2) is 0 Å². The van der Waals surface area contributed by atoms with Crippen LogP contribution < -0.4 is 15.4 Å². The third-order valence-electron chi connectivity index (χ3n) is 4.48. The third kappa shape index (κ3) is 5.12. The van der Waals surface area contributed by atoms with Gasteiger partial charge in [-0.15, -0.1) is 0 Å². The molecule has 4 nitrogen and oxygen atoms in total. The normalized spacial score (nSPS) is 11.7. The van der Waals surface area contributed by atoms with Gasteiger partial charge in [0.05, 0.1) is 7.11 Å². The van der Waals surface area contributed by atoms with E-state index in [1.54, 1.807) is 13.2 Å². The number of carbonyl (C=O) groups is 1. The van der Waals surface area contributed by atoms with Crippen molar-refractivity contribution in [1.29, 1.82) is 0 Å². The number of ether oxygens (including phenoxy) is 1. The summed E-state index contributed by atoms with van der Waals surface area (Å²) in [5.74, 6) is 0.642. The highest BCUT2D eigenvalue weighted by Gasteiger charge is 2.20.